The molecule has 13 heteroatoms. The van der Waals surface area contributed by atoms with Gasteiger partial charge in [0.25, 0.3) is 0 Å². The van der Waals surface area contributed by atoms with Gasteiger partial charge in [0.1, 0.15) is 22.6 Å². The zero-order valence-electron chi connectivity index (χ0n) is 15.6. The monoisotopic (exact) mass is 464 g/mol. The Morgan fingerprint density at radius 3 is 1.59 bits per heavy atom. The number of aromatic carboxylic acids is 1. The molecule has 0 bridgehead atoms. The van der Waals surface area contributed by atoms with E-state index < -0.39 is 69.8 Å². The van der Waals surface area contributed by atoms with Crippen LogP contribution in [0.4, 0.5) is 26.3 Å². The van der Waals surface area contributed by atoms with E-state index in [1.165, 1.54) is 0 Å². The number of rotatable bonds is 5. The van der Waals surface area contributed by atoms with Crippen molar-refractivity contribution in [2.24, 2.45) is 0 Å². The van der Waals surface area contributed by atoms with Gasteiger partial charge in [-0.05, 0) is 36.4 Å². The fourth-order valence-corrected chi connectivity index (χ4v) is 2.24. The van der Waals surface area contributed by atoms with Gasteiger partial charge in [0, 0.05) is 6.92 Å². The van der Waals surface area contributed by atoms with Gasteiger partial charge in [0.2, 0.25) is 5.78 Å². The normalized spacial score (nSPS) is 11.6. The number of ketones is 1. The molecule has 0 saturated carbocycles. The lowest BCUT2D eigenvalue weighted by Crippen LogP contribution is -2.21. The van der Waals surface area contributed by atoms with E-state index in [0.717, 1.165) is 6.92 Å². The zero-order chi connectivity index (χ0) is 24.4. The van der Waals surface area contributed by atoms with Gasteiger partial charge in [-0.1, -0.05) is 0 Å². The van der Waals surface area contributed by atoms with Crippen molar-refractivity contribution in [3.05, 3.63) is 58.7 Å². The summed E-state index contributed by atoms with van der Waals surface area (Å²) in [6.07, 6.45) is -9.88. The molecular weight excluding hydrogens is 454 g/mol. The van der Waals surface area contributed by atoms with Gasteiger partial charge in [-0.15, -0.1) is 0 Å². The summed E-state index contributed by atoms with van der Waals surface area (Å²) in [7, 11) is 0. The molecule has 2 aromatic rings. The SMILES string of the molecule is CC(=O)C(=O)Oc1cc(C(F)(F)F)ccc1C(=O)Oc1cc(C(F)(F)F)ccc1C(=O)O. The number of Topliss-reactive ketones (excluding diaryl/α,β-unsaturated/α-hetero) is 1. The standard InChI is InChI=1S/C19H10F6O7/c1-8(26)16(29)31-14-7-10(19(23,24)25)3-5-12(14)17(30)32-13-6-9(18(20,21)22)2-4-11(13)15(27)28/h2-7H,1H3,(H,27,28). The molecule has 0 aliphatic rings. The van der Waals surface area contributed by atoms with E-state index in [4.69, 9.17) is 5.11 Å². The number of hydrogen-bond acceptors (Lipinski definition) is 6. The zero-order valence-corrected chi connectivity index (χ0v) is 15.6. The largest absolute Gasteiger partial charge is 0.478 e. The van der Waals surface area contributed by atoms with E-state index in [1.807, 2.05) is 0 Å². The highest BCUT2D eigenvalue weighted by molar-refractivity contribution is 6.33. The van der Waals surface area contributed by atoms with Crippen molar-refractivity contribution in [3.63, 3.8) is 0 Å². The number of carbonyl (C=O) groups excluding carboxylic acids is 3. The molecular formula is C19H10F6O7. The van der Waals surface area contributed by atoms with E-state index in [-0.39, 0.29) is 12.1 Å². The molecule has 0 spiro atoms. The Labute approximate surface area is 174 Å². The summed E-state index contributed by atoms with van der Waals surface area (Å²) in [5.41, 5.74) is -4.51. The number of benzene rings is 2. The van der Waals surface area contributed by atoms with E-state index in [0.29, 0.717) is 24.3 Å². The van der Waals surface area contributed by atoms with E-state index >= 15 is 0 Å². The first-order chi connectivity index (χ1) is 14.6. The molecule has 0 unspecified atom stereocenters. The molecule has 2 rings (SSSR count). The van der Waals surface area contributed by atoms with E-state index in [1.54, 1.807) is 0 Å². The Kier molecular flexibility index (Phi) is 6.62. The molecule has 0 amide bonds. The van der Waals surface area contributed by atoms with Crippen molar-refractivity contribution in [1.29, 1.82) is 0 Å². The first-order valence-electron chi connectivity index (χ1n) is 8.22. The number of carboxylic acids is 1. The summed E-state index contributed by atoms with van der Waals surface area (Å²) in [6.45, 7) is 0.732. The van der Waals surface area contributed by atoms with Gasteiger partial charge in [0.15, 0.2) is 0 Å². The Balaban J connectivity index is 2.54. The molecule has 32 heavy (non-hydrogen) atoms. The van der Waals surface area contributed by atoms with Crippen LogP contribution in [0.5, 0.6) is 11.5 Å². The van der Waals surface area contributed by atoms with Crippen LogP contribution in [0.1, 0.15) is 38.8 Å². The van der Waals surface area contributed by atoms with Gasteiger partial charge >= 0.3 is 30.3 Å². The lowest BCUT2D eigenvalue weighted by molar-refractivity contribution is -0.146. The molecule has 170 valence electrons. The smallest absolute Gasteiger partial charge is 0.416 e. The number of carboxylic acid groups (broad SMARTS) is 1. The van der Waals surface area contributed by atoms with Crippen molar-refractivity contribution in [2.75, 3.05) is 0 Å². The molecule has 0 heterocycles. The molecule has 0 aromatic heterocycles. The van der Waals surface area contributed by atoms with Crippen LogP contribution in [0.25, 0.3) is 0 Å². The third-order valence-electron chi connectivity index (χ3n) is 3.76. The van der Waals surface area contributed by atoms with Crippen LogP contribution in [0.3, 0.4) is 0 Å². The van der Waals surface area contributed by atoms with E-state index in [2.05, 4.69) is 9.47 Å². The molecule has 0 saturated heterocycles. The second-order valence-corrected chi connectivity index (χ2v) is 6.06. The Hall–Kier alpha value is -3.90. The highest BCUT2D eigenvalue weighted by Crippen LogP contribution is 2.36. The van der Waals surface area contributed by atoms with Crippen LogP contribution in [0, 0.1) is 0 Å². The lowest BCUT2D eigenvalue weighted by Gasteiger charge is -2.14. The number of alkyl halides is 6. The van der Waals surface area contributed by atoms with Gasteiger partial charge in [0.05, 0.1) is 11.1 Å². The van der Waals surface area contributed by atoms with Crippen LogP contribution >= 0.6 is 0 Å². The fourth-order valence-electron chi connectivity index (χ4n) is 2.24. The summed E-state index contributed by atoms with van der Waals surface area (Å²) in [4.78, 5) is 46.2. The van der Waals surface area contributed by atoms with Gasteiger partial charge < -0.3 is 14.6 Å². The predicted octanol–water partition coefficient (Wildman–Crippen LogP) is 4.14. The summed E-state index contributed by atoms with van der Waals surface area (Å²) in [5.74, 6) is -8.42. The minimum Gasteiger partial charge on any atom is -0.478 e. The molecule has 2 aromatic carbocycles. The molecule has 0 atom stereocenters. The van der Waals surface area contributed by atoms with Gasteiger partial charge in [-0.25, -0.2) is 14.4 Å². The first-order valence-corrected chi connectivity index (χ1v) is 8.22. The second-order valence-electron chi connectivity index (χ2n) is 6.06. The van der Waals surface area contributed by atoms with Crippen LogP contribution in [0.2, 0.25) is 0 Å². The number of hydrogen-bond donors (Lipinski definition) is 1. The summed E-state index contributed by atoms with van der Waals surface area (Å²) < 4.78 is 86.7. The molecule has 1 N–H and O–H groups in total. The highest BCUT2D eigenvalue weighted by Gasteiger charge is 2.34. The highest BCUT2D eigenvalue weighted by atomic mass is 19.4. The van der Waals surface area contributed by atoms with Gasteiger partial charge in [-0.3, -0.25) is 4.79 Å². The Morgan fingerprint density at radius 1 is 0.750 bits per heavy atom. The minimum absolute atomic E-state index is 0.196. The first kappa shape index (κ1) is 24.4. The maximum Gasteiger partial charge on any atom is 0.416 e. The van der Waals surface area contributed by atoms with Crippen molar-refractivity contribution in [1.82, 2.24) is 0 Å². The average Bonchev–Trinajstić information content (AvgIpc) is 2.66. The topological polar surface area (TPSA) is 107 Å². The lowest BCUT2D eigenvalue weighted by atomic mass is 10.1. The summed E-state index contributed by atoms with van der Waals surface area (Å²) in [5, 5.41) is 9.10. The molecule has 7 nitrogen and oxygen atoms in total. The molecule has 0 fully saturated rings. The Morgan fingerprint density at radius 2 is 1.19 bits per heavy atom. The number of esters is 2. The van der Waals surface area contributed by atoms with Crippen LogP contribution in [-0.4, -0.2) is 28.8 Å². The second kappa shape index (κ2) is 8.69. The third-order valence-corrected chi connectivity index (χ3v) is 3.76. The fraction of sp³-hybridized carbons (Fsp3) is 0.158. The summed E-state index contributed by atoms with van der Waals surface area (Å²) >= 11 is 0. The maximum absolute atomic E-state index is 12.9. The average molecular weight is 464 g/mol. The predicted molar refractivity (Wildman–Crippen MR) is 91.1 cm³/mol. The molecule has 0 aliphatic carbocycles. The van der Waals surface area contributed by atoms with Gasteiger partial charge in [-0.2, -0.15) is 26.3 Å². The molecule has 0 aliphatic heterocycles. The third kappa shape index (κ3) is 5.62. The quantitative estimate of drug-likeness (QED) is 0.307. The van der Waals surface area contributed by atoms with Crippen molar-refractivity contribution in [2.45, 2.75) is 19.3 Å². The summed E-state index contributed by atoms with van der Waals surface area (Å²) in [6, 6.07) is 2.19. The Bertz CT molecular complexity index is 1100. The van der Waals surface area contributed by atoms with Crippen molar-refractivity contribution >= 4 is 23.7 Å². The number of carbonyl (C=O) groups is 4. The van der Waals surface area contributed by atoms with Crippen LogP contribution in [-0.2, 0) is 21.9 Å². The van der Waals surface area contributed by atoms with Crippen LogP contribution < -0.4 is 9.47 Å². The van der Waals surface area contributed by atoms with Crippen molar-refractivity contribution < 1.29 is 60.1 Å². The van der Waals surface area contributed by atoms with Crippen molar-refractivity contribution in [3.8, 4) is 11.5 Å². The maximum atomic E-state index is 12.9. The minimum atomic E-state index is -4.95. The number of ether oxygens (including phenoxy) is 2. The van der Waals surface area contributed by atoms with Crippen LogP contribution in [0.15, 0.2) is 36.4 Å². The van der Waals surface area contributed by atoms with E-state index in [9.17, 15) is 45.5 Å². The molecule has 0 radical (unpaired) electrons. The number of halogens is 6.